The van der Waals surface area contributed by atoms with Crippen LogP contribution in [0.25, 0.3) is 0 Å². The van der Waals surface area contributed by atoms with E-state index in [1.807, 2.05) is 20.8 Å². The second-order valence-electron chi connectivity index (χ2n) is 4.21. The van der Waals surface area contributed by atoms with Crippen LogP contribution in [0.3, 0.4) is 0 Å². The summed E-state index contributed by atoms with van der Waals surface area (Å²) in [5.41, 5.74) is 1.69. The molecule has 0 aromatic carbocycles. The first kappa shape index (κ1) is 13.0. The minimum atomic E-state index is -1.10. The molecule has 0 saturated carbocycles. The van der Waals surface area contributed by atoms with Gasteiger partial charge in [0.05, 0.1) is 11.7 Å². The number of anilines is 1. The fraction of sp³-hybridized carbons (Fsp3) is 0.333. The third-order valence-electron chi connectivity index (χ3n) is 2.77. The lowest BCUT2D eigenvalue weighted by molar-refractivity contribution is 0.0689. The number of carbonyl (C=O) groups is 1. The van der Waals surface area contributed by atoms with E-state index in [1.54, 1.807) is 6.07 Å². The Bertz CT molecular complexity index is 572. The van der Waals surface area contributed by atoms with Gasteiger partial charge in [-0.05, 0) is 32.9 Å². The van der Waals surface area contributed by atoms with Crippen molar-refractivity contribution < 1.29 is 14.4 Å². The van der Waals surface area contributed by atoms with E-state index in [0.29, 0.717) is 5.82 Å². The summed E-state index contributed by atoms with van der Waals surface area (Å²) in [7, 11) is 0. The second kappa shape index (κ2) is 5.05. The molecule has 7 heteroatoms. The minimum absolute atomic E-state index is 0.0590. The molecule has 0 spiro atoms. The monoisotopic (exact) mass is 262 g/mol. The Labute approximate surface area is 109 Å². The molecule has 100 valence electrons. The maximum Gasteiger partial charge on any atom is 0.356 e. The zero-order valence-corrected chi connectivity index (χ0v) is 10.8. The summed E-state index contributed by atoms with van der Waals surface area (Å²) in [4.78, 5) is 10.7. The van der Waals surface area contributed by atoms with Gasteiger partial charge in [0.1, 0.15) is 11.6 Å². The van der Waals surface area contributed by atoms with Crippen LogP contribution in [0, 0.1) is 13.8 Å². The predicted molar refractivity (Wildman–Crippen MR) is 67.0 cm³/mol. The van der Waals surface area contributed by atoms with Gasteiger partial charge in [-0.15, -0.1) is 10.2 Å². The average molecular weight is 262 g/mol. The Morgan fingerprint density at radius 2 is 2.11 bits per heavy atom. The minimum Gasteiger partial charge on any atom is -0.476 e. The Hall–Kier alpha value is -2.44. The van der Waals surface area contributed by atoms with E-state index in [4.69, 9.17) is 9.63 Å². The number of nitrogens with zero attached hydrogens (tertiary/aromatic N) is 3. The van der Waals surface area contributed by atoms with Crippen LogP contribution in [0.2, 0.25) is 0 Å². The molecule has 0 aliphatic heterocycles. The smallest absolute Gasteiger partial charge is 0.356 e. The average Bonchev–Trinajstić information content (AvgIpc) is 2.69. The number of aromatic carboxylic acids is 1. The molecule has 2 heterocycles. The molecule has 7 nitrogen and oxygen atoms in total. The van der Waals surface area contributed by atoms with Crippen molar-refractivity contribution >= 4 is 11.8 Å². The largest absolute Gasteiger partial charge is 0.476 e. The normalized spacial score (nSPS) is 12.2. The van der Waals surface area contributed by atoms with Gasteiger partial charge < -0.3 is 14.9 Å². The van der Waals surface area contributed by atoms with Gasteiger partial charge >= 0.3 is 5.97 Å². The SMILES string of the molecule is Cc1noc(C)c1C(C)Nc1ccc(C(=O)O)nn1. The van der Waals surface area contributed by atoms with Crippen molar-refractivity contribution in [1.82, 2.24) is 15.4 Å². The highest BCUT2D eigenvalue weighted by Crippen LogP contribution is 2.23. The zero-order chi connectivity index (χ0) is 14.0. The molecule has 1 unspecified atom stereocenters. The number of carboxylic acid groups (broad SMARTS) is 1. The lowest BCUT2D eigenvalue weighted by Crippen LogP contribution is -2.11. The van der Waals surface area contributed by atoms with Crippen LogP contribution in [0.4, 0.5) is 5.82 Å². The van der Waals surface area contributed by atoms with Gasteiger partial charge in [0.2, 0.25) is 0 Å². The molecule has 2 aromatic heterocycles. The molecular formula is C12H14N4O3. The van der Waals surface area contributed by atoms with Crippen molar-refractivity contribution in [3.05, 3.63) is 34.8 Å². The summed E-state index contributed by atoms with van der Waals surface area (Å²) >= 11 is 0. The van der Waals surface area contributed by atoms with Crippen molar-refractivity contribution in [3.8, 4) is 0 Å². The zero-order valence-electron chi connectivity index (χ0n) is 10.8. The molecule has 0 amide bonds. The Morgan fingerprint density at radius 1 is 1.37 bits per heavy atom. The van der Waals surface area contributed by atoms with Crippen LogP contribution in [0.15, 0.2) is 16.7 Å². The molecule has 2 rings (SSSR count). The highest BCUT2D eigenvalue weighted by atomic mass is 16.5. The molecule has 0 aliphatic carbocycles. The number of nitrogens with one attached hydrogen (secondary N) is 1. The van der Waals surface area contributed by atoms with Gasteiger partial charge in [-0.1, -0.05) is 5.16 Å². The van der Waals surface area contributed by atoms with Crippen molar-refractivity contribution in [2.45, 2.75) is 26.8 Å². The van der Waals surface area contributed by atoms with Gasteiger partial charge in [0.15, 0.2) is 5.69 Å². The molecule has 0 bridgehead atoms. The number of aromatic nitrogens is 3. The standard InChI is InChI=1S/C12H14N4O3/c1-6(11-7(2)16-19-8(11)3)13-10-5-4-9(12(17)18)14-15-10/h4-6H,1-3H3,(H,13,15)(H,17,18). The van der Waals surface area contributed by atoms with Gasteiger partial charge in [-0.3, -0.25) is 0 Å². The van der Waals surface area contributed by atoms with E-state index in [2.05, 4.69) is 20.7 Å². The molecule has 2 N–H and O–H groups in total. The quantitative estimate of drug-likeness (QED) is 0.868. The highest BCUT2D eigenvalue weighted by molar-refractivity contribution is 5.85. The van der Waals surface area contributed by atoms with Crippen LogP contribution in [0.5, 0.6) is 0 Å². The van der Waals surface area contributed by atoms with Crippen LogP contribution in [-0.4, -0.2) is 26.4 Å². The number of rotatable bonds is 4. The van der Waals surface area contributed by atoms with E-state index in [-0.39, 0.29) is 11.7 Å². The third kappa shape index (κ3) is 2.70. The van der Waals surface area contributed by atoms with Crippen LogP contribution in [-0.2, 0) is 0 Å². The first-order valence-corrected chi connectivity index (χ1v) is 5.75. The van der Waals surface area contributed by atoms with Crippen molar-refractivity contribution in [1.29, 1.82) is 0 Å². The van der Waals surface area contributed by atoms with E-state index >= 15 is 0 Å². The number of aryl methyl sites for hydroxylation is 2. The topological polar surface area (TPSA) is 101 Å². The Kier molecular flexibility index (Phi) is 3.46. The summed E-state index contributed by atoms with van der Waals surface area (Å²) in [6.07, 6.45) is 0. The Morgan fingerprint density at radius 3 is 2.58 bits per heavy atom. The van der Waals surface area contributed by atoms with E-state index in [0.717, 1.165) is 17.0 Å². The molecule has 0 aliphatic rings. The summed E-state index contributed by atoms with van der Waals surface area (Å²) in [6.45, 7) is 5.65. The number of hydrogen-bond donors (Lipinski definition) is 2. The van der Waals surface area contributed by atoms with E-state index < -0.39 is 5.97 Å². The lowest BCUT2D eigenvalue weighted by Gasteiger charge is -2.13. The van der Waals surface area contributed by atoms with Crippen molar-refractivity contribution in [2.75, 3.05) is 5.32 Å². The van der Waals surface area contributed by atoms with Crippen LogP contribution < -0.4 is 5.32 Å². The summed E-state index contributed by atoms with van der Waals surface area (Å²) in [5.74, 6) is 0.142. The first-order valence-electron chi connectivity index (χ1n) is 5.75. The van der Waals surface area contributed by atoms with Crippen molar-refractivity contribution in [2.24, 2.45) is 0 Å². The predicted octanol–water partition coefficient (Wildman–Crippen LogP) is 1.95. The Balaban J connectivity index is 2.15. The summed E-state index contributed by atoms with van der Waals surface area (Å²) < 4.78 is 5.10. The summed E-state index contributed by atoms with van der Waals surface area (Å²) in [6, 6.07) is 2.92. The van der Waals surface area contributed by atoms with Gasteiger partial charge in [-0.2, -0.15) is 0 Å². The second-order valence-corrected chi connectivity index (χ2v) is 4.21. The van der Waals surface area contributed by atoms with Gasteiger partial charge in [-0.25, -0.2) is 4.79 Å². The third-order valence-corrected chi connectivity index (χ3v) is 2.77. The lowest BCUT2D eigenvalue weighted by atomic mass is 10.1. The fourth-order valence-electron chi connectivity index (χ4n) is 1.93. The maximum absolute atomic E-state index is 10.7. The number of carboxylic acids is 1. The van der Waals surface area contributed by atoms with Crippen LogP contribution >= 0.6 is 0 Å². The fourth-order valence-corrected chi connectivity index (χ4v) is 1.93. The molecule has 1 atom stereocenters. The maximum atomic E-state index is 10.7. The van der Waals surface area contributed by atoms with Crippen molar-refractivity contribution in [3.63, 3.8) is 0 Å². The van der Waals surface area contributed by atoms with E-state index in [9.17, 15) is 4.79 Å². The van der Waals surface area contributed by atoms with Crippen LogP contribution in [0.1, 0.15) is 40.5 Å². The molecule has 0 fully saturated rings. The van der Waals surface area contributed by atoms with Gasteiger partial charge in [0.25, 0.3) is 0 Å². The summed E-state index contributed by atoms with van der Waals surface area (Å²) in [5, 5.41) is 23.2. The molecular weight excluding hydrogens is 248 g/mol. The molecule has 19 heavy (non-hydrogen) atoms. The van der Waals surface area contributed by atoms with E-state index in [1.165, 1.54) is 6.07 Å². The van der Waals surface area contributed by atoms with Gasteiger partial charge in [0, 0.05) is 5.56 Å². The molecule has 2 aromatic rings. The first-order chi connectivity index (χ1) is 8.99. The number of hydrogen-bond acceptors (Lipinski definition) is 6. The molecule has 0 radical (unpaired) electrons. The molecule has 0 saturated heterocycles. The highest BCUT2D eigenvalue weighted by Gasteiger charge is 2.17.